The second kappa shape index (κ2) is 10.2. The van der Waals surface area contributed by atoms with Crippen molar-refractivity contribution in [3.05, 3.63) is 59.8 Å². The van der Waals surface area contributed by atoms with Crippen LogP contribution in [0.4, 0.5) is 5.69 Å². The number of allylic oxidation sites excluding steroid dienone is 4. The van der Waals surface area contributed by atoms with E-state index in [1.807, 2.05) is 38.2 Å². The number of ether oxygens (including phenoxy) is 2. The van der Waals surface area contributed by atoms with Crippen LogP contribution in [0, 0.1) is 0 Å². The summed E-state index contributed by atoms with van der Waals surface area (Å²) in [6.07, 6.45) is 8.77. The molecule has 2 rings (SSSR count). The van der Waals surface area contributed by atoms with Crippen LogP contribution in [0.25, 0.3) is 0 Å². The quantitative estimate of drug-likeness (QED) is 0.751. The zero-order valence-electron chi connectivity index (χ0n) is 16.0. The number of hydrogen-bond donors (Lipinski definition) is 2. The highest BCUT2D eigenvalue weighted by atomic mass is 16.5. The fourth-order valence-electron chi connectivity index (χ4n) is 2.67. The first-order valence-electron chi connectivity index (χ1n) is 8.86. The smallest absolute Gasteiger partial charge is 0.310 e. The number of rotatable bonds is 6. The summed E-state index contributed by atoms with van der Waals surface area (Å²) in [6.45, 7) is 3.64. The van der Waals surface area contributed by atoms with Gasteiger partial charge in [-0.25, -0.2) is 0 Å². The molecule has 1 aromatic rings. The summed E-state index contributed by atoms with van der Waals surface area (Å²) in [4.78, 5) is 24.2. The lowest BCUT2D eigenvalue weighted by Gasteiger charge is -2.15. The predicted molar refractivity (Wildman–Crippen MR) is 105 cm³/mol. The number of nitrogens with one attached hydrogen (secondary N) is 2. The lowest BCUT2D eigenvalue weighted by atomic mass is 10.1. The third kappa shape index (κ3) is 6.66. The molecule has 0 spiro atoms. The molecule has 1 aliphatic rings. The van der Waals surface area contributed by atoms with Crippen molar-refractivity contribution in [2.24, 2.45) is 0 Å². The highest BCUT2D eigenvalue weighted by Crippen LogP contribution is 2.22. The molecule has 144 valence electrons. The SMILES string of the molecule is COc1ccccc1NC(=O)COC(=O)C/C1=C(\C)NC(C)/C=C\C=C/C1. The number of carbonyl (C=O) groups excluding carboxylic acids is 2. The topological polar surface area (TPSA) is 76.7 Å². The van der Waals surface area contributed by atoms with Gasteiger partial charge in [-0.1, -0.05) is 36.4 Å². The van der Waals surface area contributed by atoms with Crippen molar-refractivity contribution in [2.45, 2.75) is 32.7 Å². The molecule has 1 amide bonds. The van der Waals surface area contributed by atoms with Crippen molar-refractivity contribution < 1.29 is 19.1 Å². The molecule has 0 bridgehead atoms. The summed E-state index contributed by atoms with van der Waals surface area (Å²) in [5.74, 6) is -0.303. The Hall–Kier alpha value is -3.02. The number of methoxy groups -OCH3 is 1. The number of anilines is 1. The van der Waals surface area contributed by atoms with Crippen LogP contribution in [0.15, 0.2) is 59.8 Å². The summed E-state index contributed by atoms with van der Waals surface area (Å²) >= 11 is 0. The van der Waals surface area contributed by atoms with Gasteiger partial charge in [-0.3, -0.25) is 9.59 Å². The van der Waals surface area contributed by atoms with Crippen LogP contribution in [-0.2, 0) is 14.3 Å². The molecular formula is C21H26N2O4. The third-order valence-corrected chi connectivity index (χ3v) is 4.09. The van der Waals surface area contributed by atoms with Crippen LogP contribution < -0.4 is 15.4 Å². The average Bonchev–Trinajstić information content (AvgIpc) is 2.72. The monoisotopic (exact) mass is 370 g/mol. The average molecular weight is 370 g/mol. The molecule has 0 saturated carbocycles. The van der Waals surface area contributed by atoms with Gasteiger partial charge in [0.25, 0.3) is 5.91 Å². The maximum Gasteiger partial charge on any atom is 0.310 e. The van der Waals surface area contributed by atoms with Gasteiger partial charge in [0.15, 0.2) is 6.61 Å². The van der Waals surface area contributed by atoms with Crippen LogP contribution in [0.5, 0.6) is 5.75 Å². The second-order valence-corrected chi connectivity index (χ2v) is 6.26. The number of para-hydroxylation sites is 2. The van der Waals surface area contributed by atoms with Gasteiger partial charge in [0.05, 0.1) is 19.2 Å². The summed E-state index contributed by atoms with van der Waals surface area (Å²) in [6, 6.07) is 7.22. The predicted octanol–water partition coefficient (Wildman–Crippen LogP) is 3.34. The van der Waals surface area contributed by atoms with Crippen LogP contribution in [0.3, 0.4) is 0 Å². The van der Waals surface area contributed by atoms with Gasteiger partial charge in [-0.05, 0) is 38.0 Å². The summed E-state index contributed by atoms with van der Waals surface area (Å²) < 4.78 is 10.3. The standard InChI is InChI=1S/C21H26N2O4/c1-15-9-5-4-6-10-17(16(2)22-15)13-21(25)27-14-20(24)23-18-11-7-8-12-19(18)26-3/h4-9,11-12,15,22H,10,13-14H2,1-3H3,(H,23,24)/b6-4-,9-5-,17-16+. The first-order chi connectivity index (χ1) is 13.0. The van der Waals surface area contributed by atoms with Crippen molar-refractivity contribution in [3.8, 4) is 5.75 Å². The minimum absolute atomic E-state index is 0.137. The molecule has 0 aromatic heterocycles. The molecule has 0 saturated heterocycles. The van der Waals surface area contributed by atoms with Gasteiger partial charge in [0.1, 0.15) is 5.75 Å². The van der Waals surface area contributed by atoms with E-state index in [-0.39, 0.29) is 19.1 Å². The van der Waals surface area contributed by atoms with E-state index in [2.05, 4.69) is 10.6 Å². The maximum atomic E-state index is 12.2. The molecule has 1 aromatic carbocycles. The number of benzene rings is 1. The Morgan fingerprint density at radius 1 is 1.26 bits per heavy atom. The molecule has 0 radical (unpaired) electrons. The molecular weight excluding hydrogens is 344 g/mol. The summed E-state index contributed by atoms with van der Waals surface area (Å²) in [7, 11) is 1.52. The zero-order chi connectivity index (χ0) is 19.6. The van der Waals surface area contributed by atoms with E-state index in [4.69, 9.17) is 9.47 Å². The molecule has 1 aliphatic heterocycles. The van der Waals surface area contributed by atoms with Gasteiger partial charge in [-0.2, -0.15) is 0 Å². The van der Waals surface area contributed by atoms with Crippen LogP contribution >= 0.6 is 0 Å². The van der Waals surface area contributed by atoms with E-state index in [9.17, 15) is 9.59 Å². The normalized spacial score (nSPS) is 21.7. The number of hydrogen-bond acceptors (Lipinski definition) is 5. The lowest BCUT2D eigenvalue weighted by Crippen LogP contribution is -2.24. The zero-order valence-corrected chi connectivity index (χ0v) is 16.0. The number of amides is 1. The van der Waals surface area contributed by atoms with E-state index < -0.39 is 11.9 Å². The van der Waals surface area contributed by atoms with Crippen molar-refractivity contribution in [1.82, 2.24) is 5.32 Å². The first-order valence-corrected chi connectivity index (χ1v) is 8.86. The van der Waals surface area contributed by atoms with Crippen LogP contribution in [0.2, 0.25) is 0 Å². The molecule has 1 heterocycles. The first kappa shape index (κ1) is 20.3. The van der Waals surface area contributed by atoms with E-state index in [1.165, 1.54) is 7.11 Å². The van der Waals surface area contributed by atoms with E-state index >= 15 is 0 Å². The van der Waals surface area contributed by atoms with Gasteiger partial charge in [0, 0.05) is 11.7 Å². The Kier molecular flexibility index (Phi) is 7.67. The van der Waals surface area contributed by atoms with Gasteiger partial charge in [0.2, 0.25) is 0 Å². The van der Waals surface area contributed by atoms with Gasteiger partial charge < -0.3 is 20.1 Å². The Bertz CT molecular complexity index is 765. The Balaban J connectivity index is 1.88. The molecule has 6 nitrogen and oxygen atoms in total. The van der Waals surface area contributed by atoms with Gasteiger partial charge >= 0.3 is 5.97 Å². The largest absolute Gasteiger partial charge is 0.495 e. The molecule has 6 heteroatoms. The molecule has 1 atom stereocenters. The van der Waals surface area contributed by atoms with Crippen molar-refractivity contribution in [2.75, 3.05) is 19.0 Å². The Morgan fingerprint density at radius 3 is 2.81 bits per heavy atom. The van der Waals surface area contributed by atoms with Gasteiger partial charge in [-0.15, -0.1) is 0 Å². The lowest BCUT2D eigenvalue weighted by molar-refractivity contribution is -0.146. The number of esters is 1. The minimum Gasteiger partial charge on any atom is -0.495 e. The highest BCUT2D eigenvalue weighted by molar-refractivity contribution is 5.94. The third-order valence-electron chi connectivity index (χ3n) is 4.09. The fourth-order valence-corrected chi connectivity index (χ4v) is 2.67. The van der Waals surface area contributed by atoms with Crippen molar-refractivity contribution >= 4 is 17.6 Å². The Morgan fingerprint density at radius 2 is 2.04 bits per heavy atom. The molecule has 27 heavy (non-hydrogen) atoms. The molecule has 0 aliphatic carbocycles. The number of carbonyl (C=O) groups is 2. The van der Waals surface area contributed by atoms with Crippen LogP contribution in [-0.4, -0.2) is 31.6 Å². The molecule has 0 fully saturated rings. The van der Waals surface area contributed by atoms with Crippen LogP contribution in [0.1, 0.15) is 26.7 Å². The maximum absolute atomic E-state index is 12.2. The Labute approximate surface area is 159 Å². The fraction of sp³-hybridized carbons (Fsp3) is 0.333. The summed E-state index contributed by atoms with van der Waals surface area (Å²) in [5.41, 5.74) is 2.43. The van der Waals surface area contributed by atoms with E-state index in [0.29, 0.717) is 17.9 Å². The van der Waals surface area contributed by atoms with E-state index in [0.717, 1.165) is 11.3 Å². The minimum atomic E-state index is -0.436. The summed E-state index contributed by atoms with van der Waals surface area (Å²) in [5, 5.41) is 6.02. The van der Waals surface area contributed by atoms with E-state index in [1.54, 1.807) is 24.3 Å². The molecule has 1 unspecified atom stereocenters. The highest BCUT2D eigenvalue weighted by Gasteiger charge is 2.14. The van der Waals surface area contributed by atoms with Crippen molar-refractivity contribution in [3.63, 3.8) is 0 Å². The second-order valence-electron chi connectivity index (χ2n) is 6.26. The van der Waals surface area contributed by atoms with Crippen molar-refractivity contribution in [1.29, 1.82) is 0 Å². The molecule has 2 N–H and O–H groups in total.